The van der Waals surface area contributed by atoms with E-state index in [4.69, 9.17) is 0 Å². The summed E-state index contributed by atoms with van der Waals surface area (Å²) in [5, 5.41) is 1.39. The van der Waals surface area contributed by atoms with Crippen LogP contribution in [0, 0.1) is 0 Å². The number of aromatic amines is 1. The van der Waals surface area contributed by atoms with Crippen LogP contribution in [-0.4, -0.2) is 23.0 Å². The quantitative estimate of drug-likeness (QED) is 0.710. The van der Waals surface area contributed by atoms with Gasteiger partial charge >= 0.3 is 0 Å². The molecule has 2 heterocycles. The Kier molecular flexibility index (Phi) is 4.16. The smallest absolute Gasteiger partial charge is 0.0459 e. The highest BCUT2D eigenvalue weighted by Crippen LogP contribution is 2.32. The van der Waals surface area contributed by atoms with Crippen molar-refractivity contribution in [3.63, 3.8) is 0 Å². The van der Waals surface area contributed by atoms with Crippen molar-refractivity contribution in [2.45, 2.75) is 45.6 Å². The van der Waals surface area contributed by atoms with Crippen molar-refractivity contribution in [2.75, 3.05) is 13.1 Å². The first-order valence-electron chi connectivity index (χ1n) is 9.41. The average Bonchev–Trinajstić information content (AvgIpc) is 2.99. The average molecular weight is 332 g/mol. The van der Waals surface area contributed by atoms with Gasteiger partial charge in [-0.25, -0.2) is 0 Å². The summed E-state index contributed by atoms with van der Waals surface area (Å²) < 4.78 is 0. The highest BCUT2D eigenvalue weighted by molar-refractivity contribution is 5.85. The van der Waals surface area contributed by atoms with Crippen molar-refractivity contribution in [3.8, 4) is 0 Å². The first-order chi connectivity index (χ1) is 12.0. The molecule has 2 nitrogen and oxygen atoms in total. The predicted molar refractivity (Wildman–Crippen MR) is 106 cm³/mol. The number of para-hydroxylation sites is 1. The van der Waals surface area contributed by atoms with Crippen LogP contribution in [0.25, 0.3) is 10.9 Å². The molecule has 4 rings (SSSR count). The Hall–Kier alpha value is -2.06. The molecule has 130 valence electrons. The summed E-state index contributed by atoms with van der Waals surface area (Å²) in [5.41, 5.74) is 7.34. The van der Waals surface area contributed by atoms with Gasteiger partial charge < -0.3 is 4.98 Å². The summed E-state index contributed by atoms with van der Waals surface area (Å²) >= 11 is 0. The van der Waals surface area contributed by atoms with E-state index >= 15 is 0 Å². The van der Waals surface area contributed by atoms with Gasteiger partial charge in [-0.15, -0.1) is 0 Å². The minimum atomic E-state index is 0.142. The van der Waals surface area contributed by atoms with Gasteiger partial charge in [0, 0.05) is 41.6 Å². The van der Waals surface area contributed by atoms with Crippen molar-refractivity contribution >= 4 is 10.9 Å². The SMILES string of the molecule is CC(C)(C)c1[nH]c2ccccc2c1CCN1CCc2ccccc2C1. The maximum atomic E-state index is 3.69. The number of hydrogen-bond donors (Lipinski definition) is 1. The van der Waals surface area contributed by atoms with Crippen LogP contribution >= 0.6 is 0 Å². The second-order valence-electron chi connectivity index (χ2n) is 8.32. The maximum Gasteiger partial charge on any atom is 0.0459 e. The minimum Gasteiger partial charge on any atom is -0.358 e. The van der Waals surface area contributed by atoms with Gasteiger partial charge in [-0.1, -0.05) is 63.2 Å². The second kappa shape index (κ2) is 6.34. The third-order valence-electron chi connectivity index (χ3n) is 5.45. The number of rotatable bonds is 3. The molecule has 1 N–H and O–H groups in total. The van der Waals surface area contributed by atoms with Crippen molar-refractivity contribution in [1.82, 2.24) is 9.88 Å². The highest BCUT2D eigenvalue weighted by Gasteiger charge is 2.23. The van der Waals surface area contributed by atoms with Crippen LogP contribution < -0.4 is 0 Å². The Morgan fingerprint density at radius 3 is 2.48 bits per heavy atom. The summed E-state index contributed by atoms with van der Waals surface area (Å²) in [6.07, 6.45) is 2.29. The van der Waals surface area contributed by atoms with E-state index in [9.17, 15) is 0 Å². The Balaban J connectivity index is 1.57. The molecule has 0 unspecified atom stereocenters. The van der Waals surface area contributed by atoms with Gasteiger partial charge in [0.05, 0.1) is 0 Å². The molecule has 1 aliphatic heterocycles. The van der Waals surface area contributed by atoms with Crippen LogP contribution in [0.3, 0.4) is 0 Å². The monoisotopic (exact) mass is 332 g/mol. The first kappa shape index (κ1) is 16.4. The van der Waals surface area contributed by atoms with Gasteiger partial charge in [0.2, 0.25) is 0 Å². The first-order valence-corrected chi connectivity index (χ1v) is 9.41. The lowest BCUT2D eigenvalue weighted by Gasteiger charge is -2.29. The molecular formula is C23H28N2. The number of nitrogens with zero attached hydrogens (tertiary/aromatic N) is 1. The number of fused-ring (bicyclic) bond motifs is 2. The fourth-order valence-corrected chi connectivity index (χ4v) is 4.11. The summed E-state index contributed by atoms with van der Waals surface area (Å²) in [6, 6.07) is 17.6. The predicted octanol–water partition coefficient (Wildman–Crippen LogP) is 5.07. The molecule has 0 fully saturated rings. The minimum absolute atomic E-state index is 0.142. The fourth-order valence-electron chi connectivity index (χ4n) is 4.11. The van der Waals surface area contributed by atoms with E-state index in [-0.39, 0.29) is 5.41 Å². The Labute approximate surface area is 150 Å². The summed E-state index contributed by atoms with van der Waals surface area (Å²) in [5.74, 6) is 0. The maximum absolute atomic E-state index is 3.69. The van der Waals surface area contributed by atoms with Crippen molar-refractivity contribution in [1.29, 1.82) is 0 Å². The van der Waals surface area contributed by atoms with Gasteiger partial charge in [-0.3, -0.25) is 4.90 Å². The van der Waals surface area contributed by atoms with E-state index in [0.29, 0.717) is 0 Å². The molecule has 0 radical (unpaired) electrons. The molecule has 0 bridgehead atoms. The van der Waals surface area contributed by atoms with Gasteiger partial charge in [0.1, 0.15) is 0 Å². The number of nitrogens with one attached hydrogen (secondary N) is 1. The number of benzene rings is 2. The molecular weight excluding hydrogens is 304 g/mol. The number of hydrogen-bond acceptors (Lipinski definition) is 1. The normalized spacial score (nSPS) is 15.5. The van der Waals surface area contributed by atoms with Crippen LogP contribution in [0.15, 0.2) is 48.5 Å². The van der Waals surface area contributed by atoms with Crippen LogP contribution in [0.2, 0.25) is 0 Å². The molecule has 1 aromatic heterocycles. The van der Waals surface area contributed by atoms with Gasteiger partial charge in [0.25, 0.3) is 0 Å². The van der Waals surface area contributed by atoms with Crippen LogP contribution in [0.5, 0.6) is 0 Å². The van der Waals surface area contributed by atoms with E-state index in [1.165, 1.54) is 46.3 Å². The molecule has 0 amide bonds. The molecule has 0 saturated carbocycles. The van der Waals surface area contributed by atoms with E-state index in [1.54, 1.807) is 0 Å². The number of aromatic nitrogens is 1. The van der Waals surface area contributed by atoms with E-state index in [1.807, 2.05) is 0 Å². The lowest BCUT2D eigenvalue weighted by Crippen LogP contribution is -2.32. The van der Waals surface area contributed by atoms with Crippen molar-refractivity contribution in [3.05, 3.63) is 70.9 Å². The molecule has 0 spiro atoms. The van der Waals surface area contributed by atoms with Crippen molar-refractivity contribution < 1.29 is 0 Å². The van der Waals surface area contributed by atoms with Crippen LogP contribution in [0.4, 0.5) is 0 Å². The summed E-state index contributed by atoms with van der Waals surface area (Å²) in [6.45, 7) is 10.3. The Morgan fingerprint density at radius 1 is 0.960 bits per heavy atom. The molecule has 0 aliphatic carbocycles. The Morgan fingerprint density at radius 2 is 1.68 bits per heavy atom. The second-order valence-corrected chi connectivity index (χ2v) is 8.32. The molecule has 3 aromatic rings. The Bertz CT molecular complexity index is 882. The van der Waals surface area contributed by atoms with E-state index in [0.717, 1.165) is 19.5 Å². The third kappa shape index (κ3) is 3.23. The third-order valence-corrected chi connectivity index (χ3v) is 5.45. The summed E-state index contributed by atoms with van der Waals surface area (Å²) in [4.78, 5) is 6.30. The zero-order valence-electron chi connectivity index (χ0n) is 15.6. The molecule has 0 saturated heterocycles. The standard InChI is InChI=1S/C23H28N2/c1-23(2,3)22-20(19-10-6-7-11-21(19)24-22)13-15-25-14-12-17-8-4-5-9-18(17)16-25/h4-11,24H,12-16H2,1-3H3. The van der Waals surface area contributed by atoms with Gasteiger partial charge in [-0.05, 0) is 35.6 Å². The fraction of sp³-hybridized carbons (Fsp3) is 0.391. The molecule has 2 heteroatoms. The van der Waals surface area contributed by atoms with Crippen molar-refractivity contribution in [2.24, 2.45) is 0 Å². The highest BCUT2D eigenvalue weighted by atomic mass is 15.1. The zero-order chi connectivity index (χ0) is 17.4. The topological polar surface area (TPSA) is 19.0 Å². The molecule has 0 atom stereocenters. The van der Waals surface area contributed by atoms with Gasteiger partial charge in [0.15, 0.2) is 0 Å². The van der Waals surface area contributed by atoms with E-state index in [2.05, 4.69) is 79.2 Å². The van der Waals surface area contributed by atoms with Gasteiger partial charge in [-0.2, -0.15) is 0 Å². The largest absolute Gasteiger partial charge is 0.358 e. The van der Waals surface area contributed by atoms with Crippen LogP contribution in [0.1, 0.15) is 43.2 Å². The summed E-state index contributed by atoms with van der Waals surface area (Å²) in [7, 11) is 0. The van der Waals surface area contributed by atoms with E-state index < -0.39 is 0 Å². The zero-order valence-corrected chi connectivity index (χ0v) is 15.6. The van der Waals surface area contributed by atoms with Crippen LogP contribution in [-0.2, 0) is 24.8 Å². The lowest BCUT2D eigenvalue weighted by atomic mass is 9.87. The molecule has 2 aromatic carbocycles. The molecule has 1 aliphatic rings. The number of H-pyrrole nitrogens is 1. The molecule has 25 heavy (non-hydrogen) atoms. The lowest BCUT2D eigenvalue weighted by molar-refractivity contribution is 0.257.